The van der Waals surface area contributed by atoms with Gasteiger partial charge < -0.3 is 24.4 Å². The molecule has 0 aromatic heterocycles. The second kappa shape index (κ2) is 9.34. The van der Waals surface area contributed by atoms with Crippen molar-refractivity contribution in [3.05, 3.63) is 63.6 Å². The minimum Gasteiger partial charge on any atom is -0.872 e. The Balaban J connectivity index is 1.77. The highest BCUT2D eigenvalue weighted by Crippen LogP contribution is 2.40. The van der Waals surface area contributed by atoms with E-state index in [1.165, 1.54) is 9.80 Å². The summed E-state index contributed by atoms with van der Waals surface area (Å²) >= 11 is 3.42. The van der Waals surface area contributed by atoms with Crippen LogP contribution in [0.2, 0.25) is 0 Å². The van der Waals surface area contributed by atoms with E-state index in [2.05, 4.69) is 15.9 Å². The van der Waals surface area contributed by atoms with Gasteiger partial charge in [-0.3, -0.25) is 9.59 Å². The lowest BCUT2D eigenvalue weighted by atomic mass is 9.95. The van der Waals surface area contributed by atoms with E-state index in [-0.39, 0.29) is 5.57 Å². The number of fused-ring (bicyclic) bond motifs is 1. The summed E-state index contributed by atoms with van der Waals surface area (Å²) in [4.78, 5) is 28.8. The van der Waals surface area contributed by atoms with Crippen LogP contribution in [0, 0.1) is 0 Å². The van der Waals surface area contributed by atoms with Gasteiger partial charge in [0, 0.05) is 23.0 Å². The molecule has 0 aliphatic carbocycles. The number of ketones is 1. The molecule has 0 bridgehead atoms. The predicted molar refractivity (Wildman–Crippen MR) is 120 cm³/mol. The summed E-state index contributed by atoms with van der Waals surface area (Å²) in [7, 11) is 4.07. The van der Waals surface area contributed by atoms with Crippen molar-refractivity contribution < 1.29 is 29.1 Å². The number of nitrogens with one attached hydrogen (secondary N) is 1. The van der Waals surface area contributed by atoms with E-state index < -0.39 is 23.5 Å². The van der Waals surface area contributed by atoms with Crippen molar-refractivity contribution in [1.82, 2.24) is 4.90 Å². The number of benzene rings is 2. The van der Waals surface area contributed by atoms with E-state index in [1.807, 2.05) is 38.4 Å². The molecule has 1 unspecified atom stereocenters. The molecule has 1 amide bonds. The number of Topliss-reactive ketones (excluding diaryl/α,β-unsaturated/α-hetero) is 1. The standard InChI is InChI=1S/C24H25BrN2O5/c1-26(2)10-3-11-27-21(15-4-7-17(25)8-5-15)20(23(29)24(27)30)22(28)16-6-9-18-19(14-16)32-13-12-31-18/h4-9,14,21,28H,3,10-13H2,1-2H3/b22-20+. The second-order valence-electron chi connectivity index (χ2n) is 8.19. The Hall–Kier alpha value is -2.84. The largest absolute Gasteiger partial charge is 0.872 e. The maximum Gasteiger partial charge on any atom is 0.295 e. The number of carbonyl (C=O) groups excluding carboxylic acids is 2. The minimum absolute atomic E-state index is 0.0220. The van der Waals surface area contributed by atoms with E-state index in [4.69, 9.17) is 9.47 Å². The second-order valence-corrected chi connectivity index (χ2v) is 9.11. The Labute approximate surface area is 195 Å². The van der Waals surface area contributed by atoms with Crippen molar-refractivity contribution >= 4 is 33.4 Å². The van der Waals surface area contributed by atoms with Gasteiger partial charge in [0.05, 0.1) is 26.7 Å². The van der Waals surface area contributed by atoms with Crippen LogP contribution < -0.4 is 19.5 Å². The van der Waals surface area contributed by atoms with Gasteiger partial charge >= 0.3 is 0 Å². The molecule has 2 aliphatic rings. The third kappa shape index (κ3) is 4.38. The molecule has 1 atom stereocenters. The van der Waals surface area contributed by atoms with Gasteiger partial charge in [-0.05, 0) is 35.4 Å². The monoisotopic (exact) mass is 500 g/mol. The van der Waals surface area contributed by atoms with E-state index >= 15 is 0 Å². The van der Waals surface area contributed by atoms with Gasteiger partial charge in [-0.25, -0.2) is 0 Å². The molecule has 8 heteroatoms. The van der Waals surface area contributed by atoms with Gasteiger partial charge in [-0.1, -0.05) is 39.9 Å². The molecule has 2 aromatic carbocycles. The number of likely N-dealkylation sites (tertiary alicyclic amines) is 1. The third-order valence-corrected chi connectivity index (χ3v) is 6.12. The third-order valence-electron chi connectivity index (χ3n) is 5.60. The van der Waals surface area contributed by atoms with E-state index in [9.17, 15) is 14.7 Å². The van der Waals surface area contributed by atoms with Gasteiger partial charge in [-0.2, -0.15) is 0 Å². The number of ether oxygens (including phenoxy) is 2. The number of carbonyl (C=O) groups is 2. The Kier molecular flexibility index (Phi) is 6.53. The molecular formula is C24H25BrN2O5. The van der Waals surface area contributed by atoms with Gasteiger partial charge in [0.25, 0.3) is 5.91 Å². The first-order valence-corrected chi connectivity index (χ1v) is 11.4. The summed E-state index contributed by atoms with van der Waals surface area (Å²) < 4.78 is 12.0. The average molecular weight is 501 g/mol. The molecule has 0 spiro atoms. The van der Waals surface area contributed by atoms with E-state index in [0.29, 0.717) is 36.8 Å². The number of hydrogen-bond donors (Lipinski definition) is 1. The quantitative estimate of drug-likeness (QED) is 0.363. The highest BCUT2D eigenvalue weighted by molar-refractivity contribution is 9.10. The normalized spacial score (nSPS) is 19.6. The summed E-state index contributed by atoms with van der Waals surface area (Å²) in [5.74, 6) is -0.814. The fourth-order valence-electron chi connectivity index (χ4n) is 4.04. The first-order chi connectivity index (χ1) is 15.4. The van der Waals surface area contributed by atoms with Crippen LogP contribution in [0.15, 0.2) is 52.5 Å². The summed E-state index contributed by atoms with van der Waals surface area (Å²) in [6, 6.07) is 11.5. The minimum atomic E-state index is -0.741. The zero-order chi connectivity index (χ0) is 22.8. The number of quaternary nitrogens is 1. The number of hydrogen-bond acceptors (Lipinski definition) is 5. The number of halogens is 1. The Morgan fingerprint density at radius 3 is 2.47 bits per heavy atom. The fourth-order valence-corrected chi connectivity index (χ4v) is 4.30. The number of rotatable bonds is 6. The van der Waals surface area contributed by atoms with Crippen molar-refractivity contribution in [2.45, 2.75) is 12.5 Å². The molecule has 7 nitrogen and oxygen atoms in total. The Morgan fingerprint density at radius 1 is 1.09 bits per heavy atom. The first-order valence-electron chi connectivity index (χ1n) is 10.6. The molecule has 1 N–H and O–H groups in total. The van der Waals surface area contributed by atoms with Crippen LogP contribution in [-0.4, -0.2) is 57.0 Å². The molecule has 168 valence electrons. The van der Waals surface area contributed by atoms with Crippen molar-refractivity contribution in [3.63, 3.8) is 0 Å². The first kappa shape index (κ1) is 22.4. The smallest absolute Gasteiger partial charge is 0.295 e. The van der Waals surface area contributed by atoms with Gasteiger partial charge in [-0.15, -0.1) is 0 Å². The fraction of sp³-hybridized carbons (Fsp3) is 0.333. The topological polar surface area (TPSA) is 83.3 Å². The molecule has 2 aliphatic heterocycles. The molecule has 4 rings (SSSR count). The van der Waals surface area contributed by atoms with Crippen LogP contribution in [0.5, 0.6) is 11.5 Å². The highest BCUT2D eigenvalue weighted by atomic mass is 79.9. The lowest BCUT2D eigenvalue weighted by molar-refractivity contribution is -0.858. The number of nitrogens with zero attached hydrogens (tertiary/aromatic N) is 1. The van der Waals surface area contributed by atoms with Crippen LogP contribution in [-0.2, 0) is 9.59 Å². The molecule has 32 heavy (non-hydrogen) atoms. The maximum atomic E-state index is 13.5. The molecule has 0 radical (unpaired) electrons. The van der Waals surface area contributed by atoms with Gasteiger partial charge in [0.2, 0.25) is 5.78 Å². The van der Waals surface area contributed by atoms with Crippen LogP contribution in [0.1, 0.15) is 23.6 Å². The molecule has 2 heterocycles. The Morgan fingerprint density at radius 2 is 1.78 bits per heavy atom. The SMILES string of the molecule is C[NH+](C)CCCN1C(=O)C(=O)/C(=C(/[O-])c2ccc3c(c2)OCCO3)C1c1ccc(Br)cc1. The van der Waals surface area contributed by atoms with Crippen LogP contribution >= 0.6 is 15.9 Å². The number of amides is 1. The predicted octanol–water partition coefficient (Wildman–Crippen LogP) is 0.979. The molecule has 1 saturated heterocycles. The van der Waals surface area contributed by atoms with Gasteiger partial charge in [0.15, 0.2) is 11.5 Å². The molecule has 2 aromatic rings. The van der Waals surface area contributed by atoms with Crippen molar-refractivity contribution in [2.75, 3.05) is 40.4 Å². The van der Waals surface area contributed by atoms with Crippen LogP contribution in [0.3, 0.4) is 0 Å². The lowest BCUT2D eigenvalue weighted by Crippen LogP contribution is -3.05. The zero-order valence-electron chi connectivity index (χ0n) is 18.0. The maximum absolute atomic E-state index is 13.5. The Bertz CT molecular complexity index is 1060. The summed E-state index contributed by atoms with van der Waals surface area (Å²) in [5, 5.41) is 13.5. The van der Waals surface area contributed by atoms with Crippen molar-refractivity contribution in [1.29, 1.82) is 0 Å². The van der Waals surface area contributed by atoms with Crippen molar-refractivity contribution in [3.8, 4) is 11.5 Å². The average Bonchev–Trinajstić information content (AvgIpc) is 3.03. The summed E-state index contributed by atoms with van der Waals surface area (Å²) in [6.45, 7) is 2.08. The molecule has 0 saturated carbocycles. The summed E-state index contributed by atoms with van der Waals surface area (Å²) in [6.07, 6.45) is 0.722. The molecular weight excluding hydrogens is 476 g/mol. The molecule has 1 fully saturated rings. The highest BCUT2D eigenvalue weighted by Gasteiger charge is 2.44. The lowest BCUT2D eigenvalue weighted by Gasteiger charge is -2.28. The van der Waals surface area contributed by atoms with E-state index in [0.717, 1.165) is 23.0 Å². The van der Waals surface area contributed by atoms with Crippen LogP contribution in [0.4, 0.5) is 0 Å². The summed E-state index contributed by atoms with van der Waals surface area (Å²) in [5.41, 5.74) is 1.00. The van der Waals surface area contributed by atoms with Gasteiger partial charge in [0.1, 0.15) is 13.2 Å². The zero-order valence-corrected chi connectivity index (χ0v) is 19.6. The van der Waals surface area contributed by atoms with Crippen LogP contribution in [0.25, 0.3) is 5.76 Å². The van der Waals surface area contributed by atoms with Crippen molar-refractivity contribution in [2.24, 2.45) is 0 Å². The van der Waals surface area contributed by atoms with E-state index in [1.54, 1.807) is 18.2 Å².